The van der Waals surface area contributed by atoms with Gasteiger partial charge in [0.2, 0.25) is 0 Å². The molecule has 0 amide bonds. The van der Waals surface area contributed by atoms with E-state index in [1.54, 1.807) is 12.4 Å². The normalized spacial score (nSPS) is 11.5. The van der Waals surface area contributed by atoms with Crippen LogP contribution in [0.3, 0.4) is 0 Å². The van der Waals surface area contributed by atoms with Gasteiger partial charge < -0.3 is 0 Å². The quantitative estimate of drug-likeness (QED) is 0.171. The standard InChI is InChI=1S/C46H28N4S/c1-2-7-43-38(4-1)39-6-3-5-37(46(39)51-43)30-10-14-32(15-11-30)42-23-19-35-17-16-34-18-22-41(49-44(34)45(35)50-42)31-12-8-29(9-13-31)36-20-21-40(48-28-36)33-24-26-47-27-25-33/h1-28H. The van der Waals surface area contributed by atoms with Crippen molar-refractivity contribution in [2.75, 3.05) is 0 Å². The summed E-state index contributed by atoms with van der Waals surface area (Å²) in [6.07, 6.45) is 5.50. The van der Waals surface area contributed by atoms with Crippen LogP contribution in [0.5, 0.6) is 0 Å². The monoisotopic (exact) mass is 668 g/mol. The van der Waals surface area contributed by atoms with Gasteiger partial charge in [0.25, 0.3) is 0 Å². The van der Waals surface area contributed by atoms with Gasteiger partial charge in [-0.05, 0) is 53.1 Å². The SMILES string of the molecule is c1ccc2c(c1)sc1c(-c3ccc(-c4ccc5ccc6ccc(-c7ccc(-c8ccc(-c9ccncc9)nc8)cc7)nc6c5n4)cc3)cccc12. The Hall–Kier alpha value is -6.56. The molecule has 5 heteroatoms. The summed E-state index contributed by atoms with van der Waals surface area (Å²) in [6.45, 7) is 0. The molecule has 0 saturated heterocycles. The van der Waals surface area contributed by atoms with Gasteiger partial charge in [0.15, 0.2) is 0 Å². The van der Waals surface area contributed by atoms with Crippen LogP contribution in [-0.4, -0.2) is 19.9 Å². The molecule has 51 heavy (non-hydrogen) atoms. The van der Waals surface area contributed by atoms with E-state index in [4.69, 9.17) is 9.97 Å². The van der Waals surface area contributed by atoms with Crippen LogP contribution in [0.1, 0.15) is 0 Å². The highest BCUT2D eigenvalue weighted by Gasteiger charge is 2.12. The number of nitrogens with zero attached hydrogens (tertiary/aromatic N) is 4. The molecule has 5 aromatic heterocycles. The van der Waals surface area contributed by atoms with Crippen molar-refractivity contribution in [2.24, 2.45) is 0 Å². The van der Waals surface area contributed by atoms with Gasteiger partial charge in [-0.3, -0.25) is 9.97 Å². The van der Waals surface area contributed by atoms with Crippen LogP contribution in [0.25, 0.3) is 98.0 Å². The zero-order valence-corrected chi connectivity index (χ0v) is 28.2. The van der Waals surface area contributed by atoms with E-state index in [1.807, 2.05) is 29.7 Å². The van der Waals surface area contributed by atoms with E-state index in [2.05, 4.69) is 149 Å². The summed E-state index contributed by atoms with van der Waals surface area (Å²) in [6, 6.07) is 53.5. The number of rotatable bonds is 5. The van der Waals surface area contributed by atoms with Gasteiger partial charge in [-0.2, -0.15) is 0 Å². The average Bonchev–Trinajstić information content (AvgIpc) is 3.60. The van der Waals surface area contributed by atoms with Crippen LogP contribution in [0.2, 0.25) is 0 Å². The minimum absolute atomic E-state index is 0.903. The van der Waals surface area contributed by atoms with Crippen LogP contribution < -0.4 is 0 Å². The van der Waals surface area contributed by atoms with E-state index in [0.717, 1.165) is 66.7 Å². The fraction of sp³-hybridized carbons (Fsp3) is 0. The minimum Gasteiger partial charge on any atom is -0.265 e. The van der Waals surface area contributed by atoms with Crippen molar-refractivity contribution >= 4 is 53.3 Å². The summed E-state index contributed by atoms with van der Waals surface area (Å²) >= 11 is 1.86. The van der Waals surface area contributed by atoms with Gasteiger partial charge in [-0.1, -0.05) is 115 Å². The fourth-order valence-corrected chi connectivity index (χ4v) is 8.21. The van der Waals surface area contributed by atoms with E-state index < -0.39 is 0 Å². The second-order valence-corrected chi connectivity index (χ2v) is 13.8. The summed E-state index contributed by atoms with van der Waals surface area (Å²) < 4.78 is 2.64. The topological polar surface area (TPSA) is 51.6 Å². The Morgan fingerprint density at radius 1 is 0.392 bits per heavy atom. The molecular weight excluding hydrogens is 641 g/mol. The Morgan fingerprint density at radius 2 is 0.941 bits per heavy atom. The van der Waals surface area contributed by atoms with Crippen molar-refractivity contribution in [3.8, 4) is 56.0 Å². The van der Waals surface area contributed by atoms with Crippen LogP contribution in [0.15, 0.2) is 170 Å². The lowest BCUT2D eigenvalue weighted by molar-refractivity contribution is 1.29. The number of aromatic nitrogens is 4. The number of hydrogen-bond donors (Lipinski definition) is 0. The van der Waals surface area contributed by atoms with Gasteiger partial charge in [-0.15, -0.1) is 11.3 Å². The first-order valence-corrected chi connectivity index (χ1v) is 17.8. The molecule has 0 aliphatic rings. The van der Waals surface area contributed by atoms with Crippen molar-refractivity contribution in [3.05, 3.63) is 170 Å². The highest BCUT2D eigenvalue weighted by atomic mass is 32.1. The Bertz CT molecular complexity index is 2880. The fourth-order valence-electron chi connectivity index (χ4n) is 6.98. The lowest BCUT2D eigenvalue weighted by Crippen LogP contribution is -1.91. The molecule has 0 saturated carbocycles. The molecule has 4 nitrogen and oxygen atoms in total. The molecule has 5 aromatic carbocycles. The smallest absolute Gasteiger partial charge is 0.0972 e. The molecule has 0 aliphatic carbocycles. The van der Waals surface area contributed by atoms with Crippen LogP contribution >= 0.6 is 11.3 Å². The first kappa shape index (κ1) is 29.4. The third-order valence-electron chi connectivity index (χ3n) is 9.67. The van der Waals surface area contributed by atoms with E-state index >= 15 is 0 Å². The lowest BCUT2D eigenvalue weighted by Gasteiger charge is -2.10. The molecule has 0 spiro atoms. The Balaban J connectivity index is 0.964. The first-order chi connectivity index (χ1) is 25.2. The molecule has 0 aliphatic heterocycles. The highest BCUT2D eigenvalue weighted by molar-refractivity contribution is 7.26. The third kappa shape index (κ3) is 5.23. The van der Waals surface area contributed by atoms with E-state index in [-0.39, 0.29) is 0 Å². The predicted octanol–water partition coefficient (Wildman–Crippen LogP) is 12.3. The Kier molecular flexibility index (Phi) is 6.96. The maximum Gasteiger partial charge on any atom is 0.0972 e. The maximum atomic E-state index is 5.20. The highest BCUT2D eigenvalue weighted by Crippen LogP contribution is 2.40. The zero-order chi connectivity index (χ0) is 33.7. The maximum absolute atomic E-state index is 5.20. The van der Waals surface area contributed by atoms with Crippen molar-refractivity contribution in [3.63, 3.8) is 0 Å². The van der Waals surface area contributed by atoms with E-state index in [0.29, 0.717) is 0 Å². The number of fused-ring (bicyclic) bond motifs is 6. The summed E-state index contributed by atoms with van der Waals surface area (Å²) in [5, 5.41) is 4.77. The van der Waals surface area contributed by atoms with Crippen molar-refractivity contribution in [1.82, 2.24) is 19.9 Å². The molecule has 0 radical (unpaired) electrons. The van der Waals surface area contributed by atoms with Gasteiger partial charge in [0, 0.05) is 71.8 Å². The molecule has 5 heterocycles. The summed E-state index contributed by atoms with van der Waals surface area (Å²) in [7, 11) is 0. The molecule has 0 fully saturated rings. The molecule has 238 valence electrons. The molecule has 10 aromatic rings. The lowest BCUT2D eigenvalue weighted by atomic mass is 10.00. The van der Waals surface area contributed by atoms with E-state index in [1.165, 1.54) is 31.3 Å². The molecular formula is C46H28N4S. The second-order valence-electron chi connectivity index (χ2n) is 12.7. The molecule has 0 atom stereocenters. The number of thiophene rings is 1. The number of hydrogen-bond acceptors (Lipinski definition) is 5. The van der Waals surface area contributed by atoms with Crippen LogP contribution in [0, 0.1) is 0 Å². The Morgan fingerprint density at radius 3 is 1.61 bits per heavy atom. The van der Waals surface area contributed by atoms with Gasteiger partial charge >= 0.3 is 0 Å². The summed E-state index contributed by atoms with van der Waals surface area (Å²) in [5.74, 6) is 0. The third-order valence-corrected chi connectivity index (χ3v) is 10.9. The Labute approximate surface area is 298 Å². The van der Waals surface area contributed by atoms with Crippen molar-refractivity contribution in [1.29, 1.82) is 0 Å². The molecule has 0 bridgehead atoms. The number of pyridine rings is 4. The predicted molar refractivity (Wildman–Crippen MR) is 213 cm³/mol. The second kappa shape index (κ2) is 12.1. The van der Waals surface area contributed by atoms with Crippen LogP contribution in [0.4, 0.5) is 0 Å². The largest absolute Gasteiger partial charge is 0.265 e. The number of benzene rings is 5. The summed E-state index contributed by atoms with van der Waals surface area (Å²) in [5.41, 5.74) is 12.4. The molecule has 0 unspecified atom stereocenters. The molecule has 10 rings (SSSR count). The minimum atomic E-state index is 0.903. The van der Waals surface area contributed by atoms with Gasteiger partial charge in [-0.25, -0.2) is 9.97 Å². The average molecular weight is 669 g/mol. The van der Waals surface area contributed by atoms with E-state index in [9.17, 15) is 0 Å². The van der Waals surface area contributed by atoms with Crippen LogP contribution in [-0.2, 0) is 0 Å². The van der Waals surface area contributed by atoms with Gasteiger partial charge in [0.05, 0.1) is 28.1 Å². The van der Waals surface area contributed by atoms with Crippen molar-refractivity contribution in [2.45, 2.75) is 0 Å². The summed E-state index contributed by atoms with van der Waals surface area (Å²) in [4.78, 5) is 19.2. The van der Waals surface area contributed by atoms with Gasteiger partial charge in [0.1, 0.15) is 0 Å². The zero-order valence-electron chi connectivity index (χ0n) is 27.4. The first-order valence-electron chi connectivity index (χ1n) is 16.9. The molecule has 0 N–H and O–H groups in total. The van der Waals surface area contributed by atoms with Crippen molar-refractivity contribution < 1.29 is 0 Å².